The normalized spacial score (nSPS) is 14.7. The first-order valence-electron chi connectivity index (χ1n) is 8.36. The Balaban J connectivity index is 2.48. The van der Waals surface area contributed by atoms with E-state index >= 15 is 0 Å². The van der Waals surface area contributed by atoms with Gasteiger partial charge in [-0.05, 0) is 44.4 Å². The van der Waals surface area contributed by atoms with Crippen molar-refractivity contribution in [2.45, 2.75) is 33.1 Å². The molecule has 1 N–H and O–H groups in total. The minimum absolute atomic E-state index is 0.181. The molecule has 1 amide bonds. The van der Waals surface area contributed by atoms with Crippen LogP contribution in [0.5, 0.6) is 0 Å². The van der Waals surface area contributed by atoms with Crippen molar-refractivity contribution in [2.24, 2.45) is 10.2 Å². The molecule has 0 fully saturated rings. The molecular formula is C19H27N3O4. The fourth-order valence-corrected chi connectivity index (χ4v) is 2.34. The topological polar surface area (TPSA) is 81.5 Å². The largest absolute Gasteiger partial charge is 0.493 e. The molecule has 0 saturated carbocycles. The molecule has 0 aromatic heterocycles. The van der Waals surface area contributed by atoms with Crippen molar-refractivity contribution in [3.8, 4) is 0 Å². The zero-order chi connectivity index (χ0) is 19.4. The molecule has 0 aliphatic heterocycles. The Morgan fingerprint density at radius 2 is 2.08 bits per heavy atom. The first-order valence-corrected chi connectivity index (χ1v) is 8.36. The number of nitrogens with one attached hydrogen (secondary N) is 1. The summed E-state index contributed by atoms with van der Waals surface area (Å²) in [6.07, 6.45) is 7.73. The predicted molar refractivity (Wildman–Crippen MR) is 103 cm³/mol. The number of hydrogen-bond donors (Lipinski definition) is 1. The van der Waals surface area contributed by atoms with E-state index in [0.29, 0.717) is 36.3 Å². The van der Waals surface area contributed by atoms with Gasteiger partial charge in [0.05, 0.1) is 13.5 Å². The van der Waals surface area contributed by atoms with Gasteiger partial charge in [-0.2, -0.15) is 5.10 Å². The Hall–Kier alpha value is -2.83. The second-order valence-corrected chi connectivity index (χ2v) is 5.40. The molecule has 0 spiro atoms. The van der Waals surface area contributed by atoms with Crippen LogP contribution in [0, 0.1) is 0 Å². The maximum absolute atomic E-state index is 12.1. The Morgan fingerprint density at radius 1 is 1.35 bits per heavy atom. The van der Waals surface area contributed by atoms with Gasteiger partial charge in [-0.1, -0.05) is 12.7 Å². The number of methoxy groups -OCH3 is 1. The van der Waals surface area contributed by atoms with E-state index in [1.807, 2.05) is 19.1 Å². The van der Waals surface area contributed by atoms with Crippen molar-refractivity contribution in [1.29, 1.82) is 0 Å². The third kappa shape index (κ3) is 7.38. The molecule has 7 nitrogen and oxygen atoms in total. The summed E-state index contributed by atoms with van der Waals surface area (Å²) in [5.74, 6) is 1.97. The van der Waals surface area contributed by atoms with Crippen LogP contribution in [0.1, 0.15) is 33.1 Å². The maximum atomic E-state index is 12.1. The number of rotatable bonds is 10. The van der Waals surface area contributed by atoms with Crippen molar-refractivity contribution < 1.29 is 19.0 Å². The quantitative estimate of drug-likeness (QED) is 0.162. The van der Waals surface area contributed by atoms with Gasteiger partial charge >= 0.3 is 0 Å². The number of ether oxygens (including phenoxy) is 3. The van der Waals surface area contributed by atoms with Crippen LogP contribution in [-0.2, 0) is 19.0 Å². The molecule has 0 aromatic rings. The highest BCUT2D eigenvalue weighted by Gasteiger charge is 2.15. The highest BCUT2D eigenvalue weighted by atomic mass is 16.5. The van der Waals surface area contributed by atoms with Crippen molar-refractivity contribution in [1.82, 2.24) is 5.32 Å². The van der Waals surface area contributed by atoms with Gasteiger partial charge in [0.25, 0.3) is 0 Å². The highest BCUT2D eigenvalue weighted by Crippen LogP contribution is 2.23. The molecular weight excluding hydrogens is 334 g/mol. The summed E-state index contributed by atoms with van der Waals surface area (Å²) in [6, 6.07) is 0. The minimum atomic E-state index is -0.181. The SMILES string of the molecule is C=N/N=C(\C)NC(=O)CC1=CCCC=C1OCCOC(=C)/C(=C\C)OC. The average Bonchev–Trinajstić information content (AvgIpc) is 2.61. The summed E-state index contributed by atoms with van der Waals surface area (Å²) in [6.45, 7) is 11.2. The van der Waals surface area contributed by atoms with E-state index in [2.05, 4.69) is 28.8 Å². The molecule has 0 saturated heterocycles. The Kier molecular flexibility index (Phi) is 9.53. The van der Waals surface area contributed by atoms with Crippen molar-refractivity contribution in [3.63, 3.8) is 0 Å². The van der Waals surface area contributed by atoms with Crippen LogP contribution in [0.4, 0.5) is 0 Å². The summed E-state index contributed by atoms with van der Waals surface area (Å²) in [5.41, 5.74) is 0.845. The maximum Gasteiger partial charge on any atom is 0.229 e. The van der Waals surface area contributed by atoms with E-state index in [0.717, 1.165) is 18.4 Å². The van der Waals surface area contributed by atoms with Crippen molar-refractivity contribution in [2.75, 3.05) is 20.3 Å². The molecule has 0 unspecified atom stereocenters. The molecule has 7 heteroatoms. The minimum Gasteiger partial charge on any atom is -0.493 e. The zero-order valence-electron chi connectivity index (χ0n) is 15.7. The first kappa shape index (κ1) is 21.2. The van der Waals surface area contributed by atoms with E-state index in [1.54, 1.807) is 20.1 Å². The number of amides is 1. The second kappa shape index (κ2) is 11.7. The third-order valence-corrected chi connectivity index (χ3v) is 3.47. The summed E-state index contributed by atoms with van der Waals surface area (Å²) in [4.78, 5) is 12.1. The Morgan fingerprint density at radius 3 is 2.73 bits per heavy atom. The average molecular weight is 361 g/mol. The van der Waals surface area contributed by atoms with E-state index in [1.165, 1.54) is 0 Å². The second-order valence-electron chi connectivity index (χ2n) is 5.40. The van der Waals surface area contributed by atoms with E-state index in [9.17, 15) is 4.79 Å². The summed E-state index contributed by atoms with van der Waals surface area (Å²) in [5, 5.41) is 9.71. The lowest BCUT2D eigenvalue weighted by molar-refractivity contribution is -0.119. The highest BCUT2D eigenvalue weighted by molar-refractivity contribution is 5.97. The van der Waals surface area contributed by atoms with Crippen LogP contribution in [0.3, 0.4) is 0 Å². The molecule has 142 valence electrons. The molecule has 26 heavy (non-hydrogen) atoms. The molecule has 1 aliphatic rings. The van der Waals surface area contributed by atoms with Crippen LogP contribution in [-0.4, -0.2) is 38.8 Å². The van der Waals surface area contributed by atoms with Gasteiger partial charge in [0.2, 0.25) is 5.91 Å². The monoisotopic (exact) mass is 361 g/mol. The fraction of sp³-hybridized carbons (Fsp3) is 0.421. The van der Waals surface area contributed by atoms with Gasteiger partial charge < -0.3 is 19.5 Å². The van der Waals surface area contributed by atoms with Gasteiger partial charge in [-0.15, -0.1) is 5.10 Å². The molecule has 0 radical (unpaired) electrons. The van der Waals surface area contributed by atoms with Crippen molar-refractivity contribution >= 4 is 18.5 Å². The van der Waals surface area contributed by atoms with Crippen LogP contribution < -0.4 is 5.32 Å². The van der Waals surface area contributed by atoms with Gasteiger partial charge in [-0.3, -0.25) is 4.79 Å². The van der Waals surface area contributed by atoms with Gasteiger partial charge in [0, 0.05) is 6.72 Å². The predicted octanol–water partition coefficient (Wildman–Crippen LogP) is 3.23. The van der Waals surface area contributed by atoms with Crippen LogP contribution in [0.25, 0.3) is 0 Å². The molecule has 0 bridgehead atoms. The van der Waals surface area contributed by atoms with Crippen LogP contribution >= 0.6 is 0 Å². The molecule has 0 aromatic carbocycles. The fourth-order valence-electron chi connectivity index (χ4n) is 2.34. The molecule has 1 rings (SSSR count). The lowest BCUT2D eigenvalue weighted by Crippen LogP contribution is -2.28. The number of amidine groups is 1. The molecule has 1 aliphatic carbocycles. The first-order chi connectivity index (χ1) is 12.5. The van der Waals surface area contributed by atoms with E-state index in [4.69, 9.17) is 14.2 Å². The summed E-state index contributed by atoms with van der Waals surface area (Å²) >= 11 is 0. The van der Waals surface area contributed by atoms with E-state index < -0.39 is 0 Å². The van der Waals surface area contributed by atoms with Crippen molar-refractivity contribution in [3.05, 3.63) is 47.7 Å². The summed E-state index contributed by atoms with van der Waals surface area (Å²) < 4.78 is 16.4. The summed E-state index contributed by atoms with van der Waals surface area (Å²) in [7, 11) is 1.56. The van der Waals surface area contributed by atoms with E-state index in [-0.39, 0.29) is 12.3 Å². The van der Waals surface area contributed by atoms with Crippen LogP contribution in [0.15, 0.2) is 57.9 Å². The smallest absolute Gasteiger partial charge is 0.229 e. The standard InChI is InChI=1S/C19H27N3O4/c1-6-17(24-5)14(2)25-11-12-26-18-10-8-7-9-16(18)13-19(23)21-15(3)22-20-4/h6,9-10H,2,4,7-8,11-13H2,1,3,5H3,(H,21,22,23)/b17-6+. The number of hydrogen-bond acceptors (Lipinski definition) is 6. The third-order valence-electron chi connectivity index (χ3n) is 3.47. The zero-order valence-corrected chi connectivity index (χ0v) is 15.7. The lowest BCUT2D eigenvalue weighted by atomic mass is 10.0. The Bertz CT molecular complexity index is 645. The van der Waals surface area contributed by atoms with Gasteiger partial charge in [0.15, 0.2) is 11.5 Å². The van der Waals surface area contributed by atoms with Gasteiger partial charge in [0.1, 0.15) is 24.8 Å². The molecule has 0 heterocycles. The Labute approximate surface area is 154 Å². The number of allylic oxidation sites excluding steroid dienone is 4. The molecule has 0 atom stereocenters. The number of nitrogens with zero attached hydrogens (tertiary/aromatic N) is 2. The lowest BCUT2D eigenvalue weighted by Gasteiger charge is -2.18. The number of carbonyl (C=O) groups is 1. The van der Waals surface area contributed by atoms with Crippen LogP contribution in [0.2, 0.25) is 0 Å². The number of carbonyl (C=O) groups excluding carboxylic acids is 1. The van der Waals surface area contributed by atoms with Gasteiger partial charge in [-0.25, -0.2) is 0 Å².